The van der Waals surface area contributed by atoms with Crippen LogP contribution in [0.5, 0.6) is 0 Å². The van der Waals surface area contributed by atoms with Gasteiger partial charge in [-0.05, 0) is 47.9 Å². The molecule has 3 aromatic carbocycles. The Kier molecular flexibility index (Phi) is 4.17. The van der Waals surface area contributed by atoms with Crippen molar-refractivity contribution in [2.45, 2.75) is 6.92 Å². The van der Waals surface area contributed by atoms with Crippen molar-refractivity contribution in [3.05, 3.63) is 106 Å². The largest absolute Gasteiger partial charge is 0.358 e. The average Bonchev–Trinajstić information content (AvgIpc) is 2.98. The Hall–Kier alpha value is -2.77. The van der Waals surface area contributed by atoms with E-state index in [4.69, 9.17) is 11.6 Å². The van der Waals surface area contributed by atoms with E-state index in [9.17, 15) is 0 Å². The lowest BCUT2D eigenvalue weighted by atomic mass is 9.93. The summed E-state index contributed by atoms with van der Waals surface area (Å²) >= 11 is 6.04. The third kappa shape index (κ3) is 3.11. The van der Waals surface area contributed by atoms with E-state index in [1.54, 1.807) is 0 Å². The Morgan fingerprint density at radius 1 is 0.840 bits per heavy atom. The van der Waals surface area contributed by atoms with E-state index < -0.39 is 0 Å². The van der Waals surface area contributed by atoms with Gasteiger partial charge in [0, 0.05) is 27.2 Å². The van der Waals surface area contributed by atoms with Crippen molar-refractivity contribution in [3.63, 3.8) is 0 Å². The lowest BCUT2D eigenvalue weighted by Gasteiger charge is -2.10. The molecule has 4 rings (SSSR count). The van der Waals surface area contributed by atoms with Crippen LogP contribution < -0.4 is 0 Å². The summed E-state index contributed by atoms with van der Waals surface area (Å²) in [5.41, 5.74) is 7.12. The molecule has 0 saturated heterocycles. The topological polar surface area (TPSA) is 15.8 Å². The maximum absolute atomic E-state index is 6.04. The molecule has 0 aliphatic carbocycles. The van der Waals surface area contributed by atoms with Gasteiger partial charge in [0.2, 0.25) is 0 Å². The molecular formula is C23H18ClN. The molecule has 2 heteroatoms. The number of aryl methyl sites for hydroxylation is 1. The Morgan fingerprint density at radius 2 is 1.52 bits per heavy atom. The number of hydrogen-bond acceptors (Lipinski definition) is 0. The van der Waals surface area contributed by atoms with Gasteiger partial charge in [-0.25, -0.2) is 0 Å². The molecule has 0 unspecified atom stereocenters. The van der Waals surface area contributed by atoms with Crippen LogP contribution in [0.1, 0.15) is 22.4 Å². The van der Waals surface area contributed by atoms with Crippen LogP contribution in [0.2, 0.25) is 5.02 Å². The number of para-hydroxylation sites is 1. The first kappa shape index (κ1) is 15.7. The molecule has 0 aliphatic rings. The molecule has 4 aromatic rings. The first-order valence-corrected chi connectivity index (χ1v) is 8.70. The normalized spacial score (nSPS) is 11.8. The first-order chi connectivity index (χ1) is 12.2. The second-order valence-corrected chi connectivity index (χ2v) is 6.58. The van der Waals surface area contributed by atoms with Gasteiger partial charge >= 0.3 is 0 Å². The number of halogens is 1. The number of hydrogen-bond donors (Lipinski definition) is 1. The molecule has 1 nitrogen and oxygen atoms in total. The lowest BCUT2D eigenvalue weighted by molar-refractivity contribution is 1.28. The summed E-state index contributed by atoms with van der Waals surface area (Å²) < 4.78 is 0. The second kappa shape index (κ2) is 6.62. The van der Waals surface area contributed by atoms with Crippen LogP contribution in [0, 0.1) is 6.92 Å². The minimum Gasteiger partial charge on any atom is -0.358 e. The standard InChI is InChI=1S/C23H18ClN/c1-16-23(20-9-5-6-10-22(20)25-16)21(18-7-3-2-4-8-18)15-17-11-13-19(24)14-12-17/h2-15,25H,1H3/b21-15-. The van der Waals surface area contributed by atoms with Gasteiger partial charge in [0.05, 0.1) is 0 Å². The monoisotopic (exact) mass is 343 g/mol. The number of rotatable bonds is 3. The van der Waals surface area contributed by atoms with Crippen LogP contribution in [-0.2, 0) is 0 Å². The van der Waals surface area contributed by atoms with Gasteiger partial charge in [0.15, 0.2) is 0 Å². The molecule has 0 aliphatic heterocycles. The third-order valence-corrected chi connectivity index (χ3v) is 4.68. The number of aromatic nitrogens is 1. The Labute approximate surface area is 152 Å². The molecule has 1 N–H and O–H groups in total. The fraction of sp³-hybridized carbons (Fsp3) is 0.0435. The van der Waals surface area contributed by atoms with E-state index in [-0.39, 0.29) is 0 Å². The Morgan fingerprint density at radius 3 is 2.28 bits per heavy atom. The second-order valence-electron chi connectivity index (χ2n) is 6.15. The zero-order valence-electron chi connectivity index (χ0n) is 14.0. The van der Waals surface area contributed by atoms with Crippen molar-refractivity contribution in [1.29, 1.82) is 0 Å². The fourth-order valence-corrected chi connectivity index (χ4v) is 3.39. The van der Waals surface area contributed by atoms with E-state index in [1.165, 1.54) is 27.8 Å². The summed E-state index contributed by atoms with van der Waals surface area (Å²) in [5.74, 6) is 0. The summed E-state index contributed by atoms with van der Waals surface area (Å²) in [6.45, 7) is 2.13. The van der Waals surface area contributed by atoms with Crippen LogP contribution in [0.3, 0.4) is 0 Å². The third-order valence-electron chi connectivity index (χ3n) is 4.43. The van der Waals surface area contributed by atoms with Gasteiger partial charge in [-0.2, -0.15) is 0 Å². The maximum atomic E-state index is 6.04. The Balaban J connectivity index is 1.97. The number of H-pyrrole nitrogens is 1. The molecule has 122 valence electrons. The summed E-state index contributed by atoms with van der Waals surface area (Å²) in [6, 6.07) is 26.9. The van der Waals surface area contributed by atoms with E-state index >= 15 is 0 Å². The van der Waals surface area contributed by atoms with Crippen molar-refractivity contribution in [2.24, 2.45) is 0 Å². The maximum Gasteiger partial charge on any atom is 0.0462 e. The zero-order chi connectivity index (χ0) is 17.2. The number of fused-ring (bicyclic) bond motifs is 1. The highest BCUT2D eigenvalue weighted by atomic mass is 35.5. The molecular weight excluding hydrogens is 326 g/mol. The number of aromatic amines is 1. The molecule has 1 heterocycles. The van der Waals surface area contributed by atoms with Crippen LogP contribution in [0.25, 0.3) is 22.6 Å². The van der Waals surface area contributed by atoms with E-state index in [1.807, 2.05) is 18.2 Å². The van der Waals surface area contributed by atoms with Gasteiger partial charge in [0.1, 0.15) is 0 Å². The summed E-state index contributed by atoms with van der Waals surface area (Å²) in [4.78, 5) is 3.51. The molecule has 25 heavy (non-hydrogen) atoms. The highest BCUT2D eigenvalue weighted by molar-refractivity contribution is 6.30. The van der Waals surface area contributed by atoms with Gasteiger partial charge < -0.3 is 4.98 Å². The first-order valence-electron chi connectivity index (χ1n) is 8.33. The molecule has 0 fully saturated rings. The smallest absolute Gasteiger partial charge is 0.0462 e. The predicted octanol–water partition coefficient (Wildman–Crippen LogP) is 6.72. The van der Waals surface area contributed by atoms with E-state index in [0.717, 1.165) is 16.1 Å². The number of nitrogens with one attached hydrogen (secondary N) is 1. The van der Waals surface area contributed by atoms with E-state index in [2.05, 4.69) is 78.6 Å². The van der Waals surface area contributed by atoms with Crippen molar-refractivity contribution in [1.82, 2.24) is 4.98 Å². The van der Waals surface area contributed by atoms with Crippen LogP contribution in [0.15, 0.2) is 78.9 Å². The quantitative estimate of drug-likeness (QED) is 0.397. The van der Waals surface area contributed by atoms with Crippen LogP contribution in [-0.4, -0.2) is 4.98 Å². The molecule has 0 radical (unpaired) electrons. The van der Waals surface area contributed by atoms with Gasteiger partial charge in [0.25, 0.3) is 0 Å². The van der Waals surface area contributed by atoms with Crippen molar-refractivity contribution in [3.8, 4) is 0 Å². The molecule has 0 amide bonds. The highest BCUT2D eigenvalue weighted by Gasteiger charge is 2.14. The fourth-order valence-electron chi connectivity index (χ4n) is 3.27. The molecule has 1 aromatic heterocycles. The Bertz CT molecular complexity index is 1040. The summed E-state index contributed by atoms with van der Waals surface area (Å²) in [7, 11) is 0. The molecule has 0 spiro atoms. The SMILES string of the molecule is Cc1[nH]c2ccccc2c1/C(=C\c1ccc(Cl)cc1)c1ccccc1. The van der Waals surface area contributed by atoms with Crippen molar-refractivity contribution in [2.75, 3.05) is 0 Å². The van der Waals surface area contributed by atoms with Crippen LogP contribution >= 0.6 is 11.6 Å². The van der Waals surface area contributed by atoms with Crippen molar-refractivity contribution < 1.29 is 0 Å². The highest BCUT2D eigenvalue weighted by Crippen LogP contribution is 2.34. The van der Waals surface area contributed by atoms with Gasteiger partial charge in [-0.3, -0.25) is 0 Å². The minimum absolute atomic E-state index is 0.752. The average molecular weight is 344 g/mol. The zero-order valence-corrected chi connectivity index (χ0v) is 14.7. The molecule has 0 saturated carbocycles. The number of benzene rings is 3. The van der Waals surface area contributed by atoms with Crippen LogP contribution in [0.4, 0.5) is 0 Å². The minimum atomic E-state index is 0.752. The van der Waals surface area contributed by atoms with E-state index in [0.29, 0.717) is 0 Å². The predicted molar refractivity (Wildman–Crippen MR) is 108 cm³/mol. The van der Waals surface area contributed by atoms with Gasteiger partial charge in [-0.15, -0.1) is 0 Å². The molecule has 0 bridgehead atoms. The summed E-state index contributed by atoms with van der Waals surface area (Å²) in [6.07, 6.45) is 2.23. The van der Waals surface area contributed by atoms with Gasteiger partial charge in [-0.1, -0.05) is 72.3 Å². The lowest BCUT2D eigenvalue weighted by Crippen LogP contribution is -1.90. The summed E-state index contributed by atoms with van der Waals surface area (Å²) in [5, 5.41) is 1.99. The van der Waals surface area contributed by atoms with Crippen molar-refractivity contribution >= 4 is 34.2 Å². The molecule has 0 atom stereocenters.